The molecule has 188 valence electrons. The minimum Gasteiger partial charge on any atom is -0.406 e. The average Bonchev–Trinajstić information content (AvgIpc) is 2.67. The summed E-state index contributed by atoms with van der Waals surface area (Å²) >= 11 is 0. The zero-order chi connectivity index (χ0) is 23.2. The molecule has 0 unspecified atom stereocenters. The molecule has 0 atom stereocenters. The zero-order valence-corrected chi connectivity index (χ0v) is 20.2. The lowest BCUT2D eigenvalue weighted by molar-refractivity contribution is -0.184. The van der Waals surface area contributed by atoms with Crippen molar-refractivity contribution in [2.45, 2.75) is 87.6 Å². The Morgan fingerprint density at radius 1 is 0.758 bits per heavy atom. The average molecular weight is 509 g/mol. The second-order valence-electron chi connectivity index (χ2n) is 12.0. The Labute approximate surface area is 194 Å². The van der Waals surface area contributed by atoms with Crippen molar-refractivity contribution in [3.63, 3.8) is 0 Å². The molecule has 8 fully saturated rings. The van der Waals surface area contributed by atoms with E-state index in [1.165, 1.54) is 0 Å². The van der Waals surface area contributed by atoms with E-state index >= 15 is 0 Å². The van der Waals surface area contributed by atoms with Gasteiger partial charge >= 0.3 is 5.25 Å². The zero-order valence-electron chi connectivity index (χ0n) is 18.6. The molecule has 0 amide bonds. The van der Waals surface area contributed by atoms with Crippen LogP contribution in [0.1, 0.15) is 70.6 Å². The van der Waals surface area contributed by atoms with Gasteiger partial charge in [-0.2, -0.15) is 8.78 Å². The molecule has 7 nitrogen and oxygen atoms in total. The third-order valence-corrected chi connectivity index (χ3v) is 12.3. The number of ether oxygens (including phenoxy) is 1. The molecule has 11 heteroatoms. The van der Waals surface area contributed by atoms with Gasteiger partial charge in [0.2, 0.25) is 10.3 Å². The van der Waals surface area contributed by atoms with Crippen molar-refractivity contribution >= 4 is 20.3 Å². The summed E-state index contributed by atoms with van der Waals surface area (Å²) in [5.41, 5.74) is -0.719. The van der Waals surface area contributed by atoms with E-state index in [-0.39, 0.29) is 11.8 Å². The van der Waals surface area contributed by atoms with Gasteiger partial charge in [-0.3, -0.25) is 4.18 Å². The van der Waals surface area contributed by atoms with Gasteiger partial charge in [-0.1, -0.05) is 0 Å². The van der Waals surface area contributed by atoms with Crippen molar-refractivity contribution in [2.75, 3.05) is 6.61 Å². The fourth-order valence-electron chi connectivity index (χ4n) is 8.88. The number of alkyl halides is 2. The Morgan fingerprint density at radius 3 is 1.70 bits per heavy atom. The molecule has 0 aliphatic heterocycles. The van der Waals surface area contributed by atoms with E-state index in [2.05, 4.69) is 4.13 Å². The topological polar surface area (TPSA) is 101 Å². The molecule has 8 saturated carbocycles. The third-order valence-electron chi connectivity index (χ3n) is 9.47. The Morgan fingerprint density at radius 2 is 1.21 bits per heavy atom. The smallest absolute Gasteiger partial charge is 0.352 e. The normalized spacial score (nSPS) is 46.2. The molecule has 33 heavy (non-hydrogen) atoms. The highest BCUT2D eigenvalue weighted by molar-refractivity contribution is 8.10. The summed E-state index contributed by atoms with van der Waals surface area (Å²) in [6, 6.07) is 0. The van der Waals surface area contributed by atoms with Gasteiger partial charge in [0.1, 0.15) is 6.61 Å². The molecular formula is C22H32F2NO6S2-. The highest BCUT2D eigenvalue weighted by Crippen LogP contribution is 2.58. The Kier molecular flexibility index (Phi) is 5.29. The lowest BCUT2D eigenvalue weighted by Gasteiger charge is -2.56. The van der Waals surface area contributed by atoms with E-state index in [4.69, 9.17) is 8.92 Å². The Hall–Kier alpha value is -0.360. The molecule has 0 aromatic carbocycles. The van der Waals surface area contributed by atoms with E-state index < -0.39 is 43.9 Å². The van der Waals surface area contributed by atoms with Crippen LogP contribution < -0.4 is 0 Å². The lowest BCUT2D eigenvalue weighted by Crippen LogP contribution is -2.53. The maximum absolute atomic E-state index is 14.8. The first kappa shape index (κ1) is 23.1. The summed E-state index contributed by atoms with van der Waals surface area (Å²) < 4.78 is 92.6. The Balaban J connectivity index is 1.10. The highest BCUT2D eigenvalue weighted by Gasteiger charge is 2.54. The summed E-state index contributed by atoms with van der Waals surface area (Å²) in [6.45, 7) is -1.38. The predicted octanol–water partition coefficient (Wildman–Crippen LogP) is 4.35. The monoisotopic (exact) mass is 508 g/mol. The summed E-state index contributed by atoms with van der Waals surface area (Å²) in [7, 11) is -10.7. The fraction of sp³-hybridized carbons (Fsp3) is 1.00. The number of nitrogens with zero attached hydrogens (tertiary/aromatic N) is 1. The van der Waals surface area contributed by atoms with E-state index in [1.54, 1.807) is 0 Å². The standard InChI is InChI=1S/C22H32F2NO6S2/c23-22(24,12-30-21-9-15-2-16(10-21)4-17(3-15)11-21)32(26,27)25-33(28,29)31-20-18-5-13-1-14(7-18)8-19(20)6-13/h13-20H,1-12H2/q-1. The first-order valence-corrected chi connectivity index (χ1v) is 15.2. The van der Waals surface area contributed by atoms with Crippen LogP contribution in [0.3, 0.4) is 0 Å². The molecule has 0 heterocycles. The number of rotatable bonds is 8. The van der Waals surface area contributed by atoms with Gasteiger partial charge in [0, 0.05) is 0 Å². The minimum absolute atomic E-state index is 0.0221. The van der Waals surface area contributed by atoms with E-state index in [0.717, 1.165) is 51.4 Å². The SMILES string of the molecule is O=S(=O)([N-]S(=O)(=O)C(F)(F)COC12CC3CC(CC(C3)C1)C2)OC1C2CC3CC(C2)CC1C3. The molecule has 0 spiro atoms. The van der Waals surface area contributed by atoms with Crippen molar-refractivity contribution in [3.05, 3.63) is 4.13 Å². The maximum Gasteiger partial charge on any atom is 0.352 e. The molecular weight excluding hydrogens is 476 g/mol. The molecule has 0 saturated heterocycles. The lowest BCUT2D eigenvalue weighted by atomic mass is 9.54. The van der Waals surface area contributed by atoms with Gasteiger partial charge in [0.05, 0.1) is 11.7 Å². The van der Waals surface area contributed by atoms with Crippen molar-refractivity contribution in [1.29, 1.82) is 0 Å². The van der Waals surface area contributed by atoms with Gasteiger partial charge in [-0.05, 0) is 112 Å². The molecule has 8 bridgehead atoms. The van der Waals surface area contributed by atoms with Crippen molar-refractivity contribution in [3.8, 4) is 0 Å². The van der Waals surface area contributed by atoms with Crippen LogP contribution in [-0.2, 0) is 29.2 Å². The fourth-order valence-corrected chi connectivity index (χ4v) is 11.2. The maximum atomic E-state index is 14.8. The third kappa shape index (κ3) is 4.17. The van der Waals surface area contributed by atoms with Gasteiger partial charge in [-0.25, -0.2) is 16.8 Å². The van der Waals surface area contributed by atoms with E-state index in [9.17, 15) is 25.6 Å². The van der Waals surface area contributed by atoms with Crippen LogP contribution in [-0.4, -0.2) is 40.4 Å². The van der Waals surface area contributed by atoms with Gasteiger partial charge in [-0.15, -0.1) is 0 Å². The van der Waals surface area contributed by atoms with E-state index in [1.807, 2.05) is 0 Å². The van der Waals surface area contributed by atoms with Gasteiger partial charge in [0.25, 0.3) is 0 Å². The summed E-state index contributed by atoms with van der Waals surface area (Å²) in [5.74, 6) is 2.49. The molecule has 0 aromatic heterocycles. The van der Waals surface area contributed by atoms with Crippen LogP contribution >= 0.6 is 0 Å². The van der Waals surface area contributed by atoms with Gasteiger partial charge in [0.15, 0.2) is 10.0 Å². The minimum atomic E-state index is -5.67. The molecule has 0 radical (unpaired) electrons. The summed E-state index contributed by atoms with van der Waals surface area (Å²) in [6.07, 6.45) is 9.13. The molecule has 8 aliphatic rings. The summed E-state index contributed by atoms with van der Waals surface area (Å²) in [5, 5.41) is -4.43. The first-order chi connectivity index (χ1) is 15.4. The van der Waals surface area contributed by atoms with Gasteiger partial charge < -0.3 is 8.86 Å². The summed E-state index contributed by atoms with van der Waals surface area (Å²) in [4.78, 5) is 0. The highest BCUT2D eigenvalue weighted by atomic mass is 32.3. The second kappa shape index (κ2) is 7.57. The number of sulfonamides is 1. The molecule has 0 N–H and O–H groups in total. The Bertz CT molecular complexity index is 951. The predicted molar refractivity (Wildman–Crippen MR) is 115 cm³/mol. The molecule has 8 rings (SSSR count). The number of hydrogen-bond donors (Lipinski definition) is 0. The van der Waals surface area contributed by atoms with Crippen LogP contribution in [0.5, 0.6) is 0 Å². The van der Waals surface area contributed by atoms with Crippen molar-refractivity contribution < 1.29 is 34.5 Å². The largest absolute Gasteiger partial charge is 0.406 e. The number of hydrogen-bond acceptors (Lipinski definition) is 6. The van der Waals surface area contributed by atoms with Crippen LogP contribution in [0.25, 0.3) is 4.13 Å². The second-order valence-corrected chi connectivity index (χ2v) is 15.2. The first-order valence-electron chi connectivity index (χ1n) is 12.3. The quantitative estimate of drug-likeness (QED) is 0.483. The van der Waals surface area contributed by atoms with Crippen molar-refractivity contribution in [1.82, 2.24) is 0 Å². The molecule has 8 aliphatic carbocycles. The van der Waals surface area contributed by atoms with Crippen LogP contribution in [0.4, 0.5) is 8.78 Å². The van der Waals surface area contributed by atoms with E-state index in [0.29, 0.717) is 48.9 Å². The number of halogens is 2. The van der Waals surface area contributed by atoms with Crippen molar-refractivity contribution in [2.24, 2.45) is 41.4 Å². The van der Waals surface area contributed by atoms with Crippen LogP contribution in [0, 0.1) is 41.4 Å². The van der Waals surface area contributed by atoms with Crippen LogP contribution in [0.2, 0.25) is 0 Å². The van der Waals surface area contributed by atoms with Crippen LogP contribution in [0.15, 0.2) is 0 Å². The molecule has 0 aromatic rings.